The Hall–Kier alpha value is -2.34. The Morgan fingerprint density at radius 2 is 1.90 bits per heavy atom. The number of hydrogen-bond acceptors (Lipinski definition) is 2. The van der Waals surface area contributed by atoms with Gasteiger partial charge in [-0.2, -0.15) is 13.2 Å². The zero-order valence-electron chi connectivity index (χ0n) is 10.8. The van der Waals surface area contributed by atoms with Crippen LogP contribution in [0.2, 0.25) is 0 Å². The minimum absolute atomic E-state index is 0.103. The number of alkyl halides is 3. The zero-order valence-corrected chi connectivity index (χ0v) is 10.8. The number of aliphatic hydroxyl groups is 1. The van der Waals surface area contributed by atoms with Crippen molar-refractivity contribution in [1.29, 1.82) is 0 Å². The van der Waals surface area contributed by atoms with Crippen LogP contribution in [-0.2, 0) is 12.8 Å². The van der Waals surface area contributed by atoms with E-state index in [1.165, 1.54) is 6.07 Å². The topological polar surface area (TPSA) is 48.9 Å². The van der Waals surface area contributed by atoms with Gasteiger partial charge in [0.2, 0.25) is 0 Å². The minimum atomic E-state index is -4.38. The molecule has 3 rings (SSSR count). The van der Waals surface area contributed by atoms with Crippen molar-refractivity contribution in [2.75, 3.05) is 0 Å². The molecule has 3 nitrogen and oxygen atoms in total. The van der Waals surface area contributed by atoms with Crippen LogP contribution >= 0.6 is 0 Å². The molecule has 0 aliphatic heterocycles. The molecule has 3 aromatic rings. The first-order valence-corrected chi connectivity index (χ1v) is 6.24. The molecule has 108 valence electrons. The molecule has 0 amide bonds. The fourth-order valence-electron chi connectivity index (χ4n) is 2.13. The molecule has 0 unspecified atom stereocenters. The summed E-state index contributed by atoms with van der Waals surface area (Å²) in [5.41, 5.74) is 1.68. The summed E-state index contributed by atoms with van der Waals surface area (Å²) < 4.78 is 38.2. The van der Waals surface area contributed by atoms with E-state index in [2.05, 4.69) is 9.97 Å². The number of fused-ring (bicyclic) bond motifs is 1. The molecule has 0 saturated heterocycles. The van der Waals surface area contributed by atoms with Crippen LogP contribution in [0, 0.1) is 0 Å². The highest BCUT2D eigenvalue weighted by molar-refractivity contribution is 5.80. The van der Waals surface area contributed by atoms with Crippen LogP contribution in [0.1, 0.15) is 11.1 Å². The zero-order chi connectivity index (χ0) is 15.0. The highest BCUT2D eigenvalue weighted by Gasteiger charge is 2.30. The smallest absolute Gasteiger partial charge is 0.392 e. The average molecular weight is 292 g/mol. The van der Waals surface area contributed by atoms with Crippen molar-refractivity contribution in [2.45, 2.75) is 12.8 Å². The van der Waals surface area contributed by atoms with Gasteiger partial charge in [0.15, 0.2) is 0 Å². The van der Waals surface area contributed by atoms with E-state index in [-0.39, 0.29) is 6.61 Å². The number of aromatic nitrogens is 2. The lowest BCUT2D eigenvalue weighted by molar-refractivity contribution is -0.137. The lowest BCUT2D eigenvalue weighted by Gasteiger charge is -2.07. The van der Waals surface area contributed by atoms with Crippen LogP contribution in [0.15, 0.2) is 42.5 Å². The number of aliphatic hydroxyl groups excluding tert-OH is 1. The van der Waals surface area contributed by atoms with Crippen LogP contribution in [0.25, 0.3) is 22.4 Å². The standard InChI is InChI=1S/C15H11F3N2O/c16-15(17,18)11-3-1-2-10(7-11)14-19-12-5-4-9(8-21)6-13(12)20-14/h1-7,21H,8H2,(H,19,20). The first-order valence-electron chi connectivity index (χ1n) is 6.24. The average Bonchev–Trinajstić information content (AvgIpc) is 2.89. The molecular weight excluding hydrogens is 281 g/mol. The van der Waals surface area contributed by atoms with Gasteiger partial charge in [0.1, 0.15) is 5.82 Å². The Morgan fingerprint density at radius 3 is 2.62 bits per heavy atom. The second-order valence-corrected chi connectivity index (χ2v) is 4.67. The molecule has 0 saturated carbocycles. The first-order chi connectivity index (χ1) is 9.97. The first kappa shape index (κ1) is 13.6. The number of halogens is 3. The second-order valence-electron chi connectivity index (χ2n) is 4.67. The monoisotopic (exact) mass is 292 g/mol. The van der Waals surface area contributed by atoms with E-state index >= 15 is 0 Å². The maximum Gasteiger partial charge on any atom is 0.416 e. The van der Waals surface area contributed by atoms with Gasteiger partial charge >= 0.3 is 6.18 Å². The molecule has 0 fully saturated rings. The summed E-state index contributed by atoms with van der Waals surface area (Å²) in [4.78, 5) is 7.25. The summed E-state index contributed by atoms with van der Waals surface area (Å²) in [6.07, 6.45) is -4.38. The van der Waals surface area contributed by atoms with Crippen molar-refractivity contribution in [1.82, 2.24) is 9.97 Å². The summed E-state index contributed by atoms with van der Waals surface area (Å²) in [7, 11) is 0. The van der Waals surface area contributed by atoms with Crippen LogP contribution in [0.4, 0.5) is 13.2 Å². The fraction of sp³-hybridized carbons (Fsp3) is 0.133. The summed E-state index contributed by atoms with van der Waals surface area (Å²) in [6.45, 7) is -0.103. The molecular formula is C15H11F3N2O. The van der Waals surface area contributed by atoms with Crippen molar-refractivity contribution >= 4 is 11.0 Å². The second kappa shape index (κ2) is 4.89. The predicted octanol–water partition coefficient (Wildman–Crippen LogP) is 3.74. The van der Waals surface area contributed by atoms with E-state index in [4.69, 9.17) is 5.11 Å². The van der Waals surface area contributed by atoms with Gasteiger partial charge in [0.25, 0.3) is 0 Å². The van der Waals surface area contributed by atoms with E-state index < -0.39 is 11.7 Å². The molecule has 0 aliphatic rings. The number of nitrogens with one attached hydrogen (secondary N) is 1. The lowest BCUT2D eigenvalue weighted by atomic mass is 10.1. The summed E-state index contributed by atoms with van der Waals surface area (Å²) in [5, 5.41) is 9.09. The van der Waals surface area contributed by atoms with E-state index in [9.17, 15) is 13.2 Å². The van der Waals surface area contributed by atoms with Gasteiger partial charge in [-0.1, -0.05) is 18.2 Å². The van der Waals surface area contributed by atoms with Gasteiger partial charge in [-0.25, -0.2) is 4.98 Å². The Morgan fingerprint density at radius 1 is 1.10 bits per heavy atom. The molecule has 0 aliphatic carbocycles. The molecule has 1 aromatic heterocycles. The predicted molar refractivity (Wildman–Crippen MR) is 72.5 cm³/mol. The van der Waals surface area contributed by atoms with Gasteiger partial charge < -0.3 is 10.1 Å². The summed E-state index contributed by atoms with van der Waals surface area (Å²) >= 11 is 0. The third-order valence-corrected chi connectivity index (χ3v) is 3.19. The Labute approximate surface area is 118 Å². The van der Waals surface area contributed by atoms with Gasteiger partial charge in [0.05, 0.1) is 23.2 Å². The number of aromatic amines is 1. The van der Waals surface area contributed by atoms with Gasteiger partial charge in [-0.15, -0.1) is 0 Å². The van der Waals surface area contributed by atoms with Crippen molar-refractivity contribution in [3.05, 3.63) is 53.6 Å². The Kier molecular flexibility index (Phi) is 3.17. The molecule has 0 bridgehead atoms. The molecule has 0 spiro atoms. The highest BCUT2D eigenvalue weighted by atomic mass is 19.4. The molecule has 2 aromatic carbocycles. The highest BCUT2D eigenvalue weighted by Crippen LogP contribution is 2.32. The molecule has 21 heavy (non-hydrogen) atoms. The van der Waals surface area contributed by atoms with Crippen molar-refractivity contribution < 1.29 is 18.3 Å². The van der Waals surface area contributed by atoms with E-state index in [0.717, 1.165) is 12.1 Å². The van der Waals surface area contributed by atoms with Crippen LogP contribution in [0.5, 0.6) is 0 Å². The van der Waals surface area contributed by atoms with Gasteiger partial charge in [-0.05, 0) is 29.8 Å². The fourth-order valence-corrected chi connectivity index (χ4v) is 2.13. The molecule has 6 heteroatoms. The number of rotatable bonds is 2. The number of benzene rings is 2. The van der Waals surface area contributed by atoms with Crippen molar-refractivity contribution in [3.8, 4) is 11.4 Å². The minimum Gasteiger partial charge on any atom is -0.392 e. The van der Waals surface area contributed by atoms with Gasteiger partial charge in [-0.3, -0.25) is 0 Å². The van der Waals surface area contributed by atoms with Gasteiger partial charge in [0, 0.05) is 5.56 Å². The molecule has 0 atom stereocenters. The largest absolute Gasteiger partial charge is 0.416 e. The number of H-pyrrole nitrogens is 1. The van der Waals surface area contributed by atoms with Crippen molar-refractivity contribution in [2.24, 2.45) is 0 Å². The molecule has 2 N–H and O–H groups in total. The van der Waals surface area contributed by atoms with Crippen LogP contribution in [-0.4, -0.2) is 15.1 Å². The normalized spacial score (nSPS) is 12.0. The maximum atomic E-state index is 12.7. The number of hydrogen-bond donors (Lipinski definition) is 2. The molecule has 0 radical (unpaired) electrons. The Bertz CT molecular complexity index is 793. The summed E-state index contributed by atoms with van der Waals surface area (Å²) in [6, 6.07) is 10.2. The third-order valence-electron chi connectivity index (χ3n) is 3.19. The maximum absolute atomic E-state index is 12.7. The quantitative estimate of drug-likeness (QED) is 0.756. The lowest BCUT2D eigenvalue weighted by Crippen LogP contribution is -2.04. The van der Waals surface area contributed by atoms with Crippen LogP contribution in [0.3, 0.4) is 0 Å². The third kappa shape index (κ3) is 2.62. The van der Waals surface area contributed by atoms with E-state index in [1.54, 1.807) is 24.3 Å². The van der Waals surface area contributed by atoms with E-state index in [0.29, 0.717) is 28.0 Å². The SMILES string of the molecule is OCc1ccc2nc(-c3cccc(C(F)(F)F)c3)[nH]c2c1. The number of imidazole rings is 1. The van der Waals surface area contributed by atoms with Crippen molar-refractivity contribution in [3.63, 3.8) is 0 Å². The molecule has 1 heterocycles. The van der Waals surface area contributed by atoms with E-state index in [1.807, 2.05) is 0 Å². The number of nitrogens with zero attached hydrogens (tertiary/aromatic N) is 1. The van der Waals surface area contributed by atoms with Crippen LogP contribution < -0.4 is 0 Å². The summed E-state index contributed by atoms with van der Waals surface area (Å²) in [5.74, 6) is 0.367. The Balaban J connectivity index is 2.08.